The summed E-state index contributed by atoms with van der Waals surface area (Å²) >= 11 is 0. The molecule has 0 fully saturated rings. The van der Waals surface area contributed by atoms with E-state index in [0.29, 0.717) is 13.0 Å². The molecule has 0 atom stereocenters. The lowest BCUT2D eigenvalue weighted by Crippen LogP contribution is -2.25. The summed E-state index contributed by atoms with van der Waals surface area (Å²) in [7, 11) is 1.33. The fraction of sp³-hybridized carbons (Fsp3) is 0.250. The minimum absolute atomic E-state index is 0.235. The Kier molecular flexibility index (Phi) is 3.18. The summed E-state index contributed by atoms with van der Waals surface area (Å²) < 4.78 is 4.48. The van der Waals surface area contributed by atoms with Crippen LogP contribution in [0.15, 0.2) is 24.4 Å². The van der Waals surface area contributed by atoms with Gasteiger partial charge in [-0.3, -0.25) is 0 Å². The Bertz CT molecular complexity index is 534. The number of nitrogens with one attached hydrogen (secondary N) is 2. The SMILES string of the molecule is COC(=O)NCCc1c[nH]c2ccc(O)cc12. The van der Waals surface area contributed by atoms with Gasteiger partial charge in [0, 0.05) is 23.6 Å². The Morgan fingerprint density at radius 3 is 3.12 bits per heavy atom. The van der Waals surface area contributed by atoms with Gasteiger partial charge in [-0.15, -0.1) is 0 Å². The molecule has 90 valence electrons. The Morgan fingerprint density at radius 2 is 2.35 bits per heavy atom. The molecule has 0 saturated heterocycles. The van der Waals surface area contributed by atoms with Crippen LogP contribution in [0.4, 0.5) is 4.79 Å². The Labute approximate surface area is 98.4 Å². The van der Waals surface area contributed by atoms with Gasteiger partial charge in [0.05, 0.1) is 7.11 Å². The highest BCUT2D eigenvalue weighted by molar-refractivity contribution is 5.84. The minimum atomic E-state index is -0.437. The smallest absolute Gasteiger partial charge is 0.406 e. The van der Waals surface area contributed by atoms with Crippen molar-refractivity contribution in [1.29, 1.82) is 0 Å². The zero-order valence-electron chi connectivity index (χ0n) is 9.49. The van der Waals surface area contributed by atoms with Gasteiger partial charge in [0.15, 0.2) is 0 Å². The van der Waals surface area contributed by atoms with E-state index in [1.807, 2.05) is 12.3 Å². The van der Waals surface area contributed by atoms with Crippen LogP contribution >= 0.6 is 0 Å². The molecule has 0 bridgehead atoms. The topological polar surface area (TPSA) is 74.3 Å². The van der Waals surface area contributed by atoms with Crippen LogP contribution in [0.1, 0.15) is 5.56 Å². The van der Waals surface area contributed by atoms with Crippen molar-refractivity contribution >= 4 is 17.0 Å². The van der Waals surface area contributed by atoms with Crippen molar-refractivity contribution in [3.05, 3.63) is 30.0 Å². The molecule has 0 aliphatic rings. The first-order chi connectivity index (χ1) is 8.20. The number of fused-ring (bicyclic) bond motifs is 1. The van der Waals surface area contributed by atoms with Gasteiger partial charge < -0.3 is 20.1 Å². The maximum Gasteiger partial charge on any atom is 0.406 e. The number of amides is 1. The highest BCUT2D eigenvalue weighted by atomic mass is 16.5. The van der Waals surface area contributed by atoms with Crippen molar-refractivity contribution in [2.75, 3.05) is 13.7 Å². The summed E-state index contributed by atoms with van der Waals surface area (Å²) in [6.45, 7) is 0.495. The predicted octanol–water partition coefficient (Wildman–Crippen LogP) is 1.77. The number of hydrogen-bond donors (Lipinski definition) is 3. The number of ether oxygens (including phenoxy) is 1. The molecule has 1 amide bonds. The Hall–Kier alpha value is -2.17. The van der Waals surface area contributed by atoms with Gasteiger partial charge >= 0.3 is 6.09 Å². The Balaban J connectivity index is 2.08. The summed E-state index contributed by atoms with van der Waals surface area (Å²) in [6.07, 6.45) is 2.12. The van der Waals surface area contributed by atoms with Crippen LogP contribution in [0, 0.1) is 0 Å². The third-order valence-corrected chi connectivity index (χ3v) is 2.60. The molecule has 5 heteroatoms. The van der Waals surface area contributed by atoms with E-state index in [9.17, 15) is 9.90 Å². The average Bonchev–Trinajstić information content (AvgIpc) is 2.72. The molecule has 5 nitrogen and oxygen atoms in total. The summed E-state index contributed by atoms with van der Waals surface area (Å²) in [4.78, 5) is 14.0. The molecule has 0 aliphatic carbocycles. The lowest BCUT2D eigenvalue weighted by Gasteiger charge is -2.02. The number of H-pyrrole nitrogens is 1. The molecular weight excluding hydrogens is 220 g/mol. The molecule has 1 aromatic heterocycles. The normalized spacial score (nSPS) is 10.4. The van der Waals surface area contributed by atoms with Crippen LogP contribution in [0.2, 0.25) is 0 Å². The molecular formula is C12H14N2O3. The fourth-order valence-electron chi connectivity index (χ4n) is 1.74. The number of benzene rings is 1. The van der Waals surface area contributed by atoms with Crippen molar-refractivity contribution in [3.8, 4) is 5.75 Å². The number of aromatic hydroxyl groups is 1. The second-order valence-electron chi connectivity index (χ2n) is 3.71. The van der Waals surface area contributed by atoms with Gasteiger partial charge in [-0.05, 0) is 30.2 Å². The number of phenols is 1. The molecule has 0 unspecified atom stereocenters. The second kappa shape index (κ2) is 4.78. The number of aromatic amines is 1. The lowest BCUT2D eigenvalue weighted by atomic mass is 10.1. The van der Waals surface area contributed by atoms with E-state index in [0.717, 1.165) is 16.5 Å². The maximum absolute atomic E-state index is 10.9. The minimum Gasteiger partial charge on any atom is -0.508 e. The largest absolute Gasteiger partial charge is 0.508 e. The molecule has 0 spiro atoms. The first-order valence-electron chi connectivity index (χ1n) is 5.31. The number of carbonyl (C=O) groups is 1. The quantitative estimate of drug-likeness (QED) is 0.757. The summed E-state index contributed by atoms with van der Waals surface area (Å²) in [6, 6.07) is 5.16. The third-order valence-electron chi connectivity index (χ3n) is 2.60. The lowest BCUT2D eigenvalue weighted by molar-refractivity contribution is 0.171. The van der Waals surface area contributed by atoms with Gasteiger partial charge in [-0.2, -0.15) is 0 Å². The number of hydrogen-bond acceptors (Lipinski definition) is 3. The zero-order valence-corrected chi connectivity index (χ0v) is 9.49. The van der Waals surface area contributed by atoms with E-state index >= 15 is 0 Å². The molecule has 0 aliphatic heterocycles. The highest BCUT2D eigenvalue weighted by Crippen LogP contribution is 2.22. The molecule has 2 rings (SSSR count). The van der Waals surface area contributed by atoms with Crippen molar-refractivity contribution in [2.45, 2.75) is 6.42 Å². The molecule has 2 aromatic rings. The van der Waals surface area contributed by atoms with E-state index in [1.165, 1.54) is 7.11 Å². The fourth-order valence-corrected chi connectivity index (χ4v) is 1.74. The van der Waals surface area contributed by atoms with Crippen molar-refractivity contribution in [3.63, 3.8) is 0 Å². The van der Waals surface area contributed by atoms with Crippen molar-refractivity contribution < 1.29 is 14.6 Å². The predicted molar refractivity (Wildman–Crippen MR) is 64.1 cm³/mol. The summed E-state index contributed by atoms with van der Waals surface area (Å²) in [5, 5.41) is 13.0. The zero-order chi connectivity index (χ0) is 12.3. The van der Waals surface area contributed by atoms with Crippen LogP contribution in [0.3, 0.4) is 0 Å². The molecule has 3 N–H and O–H groups in total. The van der Waals surface area contributed by atoms with Crippen LogP contribution in [-0.4, -0.2) is 29.8 Å². The van der Waals surface area contributed by atoms with Gasteiger partial charge in [0.25, 0.3) is 0 Å². The van der Waals surface area contributed by atoms with Gasteiger partial charge in [-0.1, -0.05) is 0 Å². The van der Waals surface area contributed by atoms with Crippen LogP contribution < -0.4 is 5.32 Å². The standard InChI is InChI=1S/C12H14N2O3/c1-17-12(16)13-5-4-8-7-14-11-3-2-9(15)6-10(8)11/h2-3,6-7,14-15H,4-5H2,1H3,(H,13,16). The van der Waals surface area contributed by atoms with E-state index in [4.69, 9.17) is 0 Å². The second-order valence-corrected chi connectivity index (χ2v) is 3.71. The number of phenolic OH excluding ortho intramolecular Hbond substituents is 1. The molecule has 0 saturated carbocycles. The molecule has 1 heterocycles. The van der Waals surface area contributed by atoms with E-state index in [1.54, 1.807) is 12.1 Å². The van der Waals surface area contributed by atoms with Gasteiger partial charge in [0.2, 0.25) is 0 Å². The van der Waals surface area contributed by atoms with Crippen molar-refractivity contribution in [2.24, 2.45) is 0 Å². The van der Waals surface area contributed by atoms with Crippen LogP contribution in [-0.2, 0) is 11.2 Å². The first-order valence-corrected chi connectivity index (χ1v) is 5.31. The summed E-state index contributed by atoms with van der Waals surface area (Å²) in [5.41, 5.74) is 2.02. The van der Waals surface area contributed by atoms with Crippen molar-refractivity contribution in [1.82, 2.24) is 10.3 Å². The molecule has 17 heavy (non-hydrogen) atoms. The highest BCUT2D eigenvalue weighted by Gasteiger charge is 2.05. The number of methoxy groups -OCH3 is 1. The number of rotatable bonds is 3. The van der Waals surface area contributed by atoms with Crippen LogP contribution in [0.5, 0.6) is 5.75 Å². The average molecular weight is 234 g/mol. The monoisotopic (exact) mass is 234 g/mol. The van der Waals surface area contributed by atoms with E-state index < -0.39 is 6.09 Å². The van der Waals surface area contributed by atoms with Crippen LogP contribution in [0.25, 0.3) is 10.9 Å². The molecule has 1 aromatic carbocycles. The number of carbonyl (C=O) groups excluding carboxylic acids is 1. The number of alkyl carbamates (subject to hydrolysis) is 1. The van der Waals surface area contributed by atoms with E-state index in [-0.39, 0.29) is 5.75 Å². The summed E-state index contributed by atoms with van der Waals surface area (Å²) in [5.74, 6) is 0.235. The maximum atomic E-state index is 10.9. The third kappa shape index (κ3) is 2.50. The van der Waals surface area contributed by atoms with Gasteiger partial charge in [0.1, 0.15) is 5.75 Å². The Morgan fingerprint density at radius 1 is 1.53 bits per heavy atom. The first kappa shape index (κ1) is 11.3. The van der Waals surface area contributed by atoms with Gasteiger partial charge in [-0.25, -0.2) is 4.79 Å². The van der Waals surface area contributed by atoms with E-state index in [2.05, 4.69) is 15.0 Å². The molecule has 0 radical (unpaired) electrons. The number of aromatic nitrogens is 1.